The highest BCUT2D eigenvalue weighted by molar-refractivity contribution is 6.30. The quantitative estimate of drug-likeness (QED) is 0.0226. The number of hydrogen-bond donors (Lipinski definition) is 8. The molecule has 0 fully saturated rings. The van der Waals surface area contributed by atoms with Crippen LogP contribution in [0, 0.1) is 0 Å². The number of esters is 1. The predicted octanol–water partition coefficient (Wildman–Crippen LogP) is 1.87. The lowest BCUT2D eigenvalue weighted by Gasteiger charge is -2.26. The van der Waals surface area contributed by atoms with Crippen molar-refractivity contribution in [2.75, 3.05) is 6.54 Å². The smallest absolute Gasteiger partial charge is 0.376 e. The standard InChI is InChI=1S/C39H46ClN9O7/c1-2-33(50)56-39(55)49-32(20-24-14-16-26(40)17-15-24)37(54)48-31(19-23-9-4-3-5-10-23)36(53)46-29(13-8-18-44-38(42)43)35(52)47-30(34(41)51)21-25-22-45-28-12-7-6-11-27(25)28/h3-7,9-12,14-17,22,29-32,45H,2,8,13,18-21H2,1H3,(H2,41,51)(H,46,53)(H,47,52)(H,48,54)(H,49,55)(H4,42,43,44)/t29-,30-,31-,32-/m0/s1. The van der Waals surface area contributed by atoms with E-state index >= 15 is 0 Å². The lowest BCUT2D eigenvalue weighted by Crippen LogP contribution is -2.59. The highest BCUT2D eigenvalue weighted by Crippen LogP contribution is 2.19. The lowest BCUT2D eigenvalue weighted by atomic mass is 10.0. The van der Waals surface area contributed by atoms with E-state index in [0.717, 1.165) is 16.5 Å². The van der Waals surface area contributed by atoms with Crippen molar-refractivity contribution in [3.8, 4) is 0 Å². The average molecular weight is 788 g/mol. The molecular formula is C39H46ClN9O7. The van der Waals surface area contributed by atoms with Crippen LogP contribution in [0.2, 0.25) is 5.02 Å². The van der Waals surface area contributed by atoms with Crippen molar-refractivity contribution >= 4 is 64.2 Å². The molecule has 0 aliphatic heterocycles. The molecule has 4 rings (SSSR count). The van der Waals surface area contributed by atoms with Gasteiger partial charge in [0.25, 0.3) is 0 Å². The molecule has 0 saturated carbocycles. The molecule has 5 amide bonds. The van der Waals surface area contributed by atoms with E-state index in [1.807, 2.05) is 24.3 Å². The third-order valence-corrected chi connectivity index (χ3v) is 8.96. The number of para-hydroxylation sites is 1. The number of carbonyl (C=O) groups is 6. The van der Waals surface area contributed by atoms with Gasteiger partial charge in [0.1, 0.15) is 24.2 Å². The molecule has 296 valence electrons. The van der Waals surface area contributed by atoms with Gasteiger partial charge >= 0.3 is 12.1 Å². The number of hydrogen-bond acceptors (Lipinski definition) is 8. The fourth-order valence-electron chi connectivity index (χ4n) is 5.80. The summed E-state index contributed by atoms with van der Waals surface area (Å²) in [6.45, 7) is 1.64. The maximum absolute atomic E-state index is 14.1. The minimum absolute atomic E-state index is 0.0162. The number of halogens is 1. The summed E-state index contributed by atoms with van der Waals surface area (Å²) >= 11 is 6.04. The van der Waals surface area contributed by atoms with Crippen molar-refractivity contribution in [3.05, 3.63) is 107 Å². The molecule has 0 spiro atoms. The zero-order chi connectivity index (χ0) is 40.6. The summed E-state index contributed by atoms with van der Waals surface area (Å²) in [6.07, 6.45) is 0.790. The van der Waals surface area contributed by atoms with E-state index in [1.54, 1.807) is 60.8 Å². The number of ether oxygens (including phenoxy) is 1. The molecule has 0 aliphatic rings. The highest BCUT2D eigenvalue weighted by atomic mass is 35.5. The fraction of sp³-hybridized carbons (Fsp3) is 0.308. The second-order valence-electron chi connectivity index (χ2n) is 12.9. The number of H-pyrrole nitrogens is 1. The Labute approximate surface area is 328 Å². The van der Waals surface area contributed by atoms with Crippen LogP contribution in [0.4, 0.5) is 4.79 Å². The van der Waals surface area contributed by atoms with Crippen LogP contribution in [0.5, 0.6) is 0 Å². The Morgan fingerprint density at radius 1 is 0.714 bits per heavy atom. The SMILES string of the molecule is CCC(=O)OC(=O)N[C@@H](Cc1ccc(Cl)cc1)C(=O)N[C@@H](Cc1ccccc1)C(=O)N[C@@H](CCCN=C(N)N)C(=O)N[C@@H](Cc1c[nH]c2ccccc12)C(N)=O. The molecule has 3 aromatic carbocycles. The van der Waals surface area contributed by atoms with Crippen molar-refractivity contribution < 1.29 is 33.5 Å². The van der Waals surface area contributed by atoms with Crippen LogP contribution >= 0.6 is 11.6 Å². The number of amides is 5. The fourth-order valence-corrected chi connectivity index (χ4v) is 5.93. The molecule has 1 heterocycles. The monoisotopic (exact) mass is 787 g/mol. The molecule has 17 heteroatoms. The van der Waals surface area contributed by atoms with Gasteiger partial charge in [0.15, 0.2) is 5.96 Å². The number of nitrogens with two attached hydrogens (primary N) is 3. The van der Waals surface area contributed by atoms with Gasteiger partial charge in [-0.05, 0) is 47.7 Å². The van der Waals surface area contributed by atoms with Gasteiger partial charge in [-0.2, -0.15) is 0 Å². The number of aliphatic imine (C=N–C) groups is 1. The van der Waals surface area contributed by atoms with Crippen LogP contribution in [0.3, 0.4) is 0 Å². The Hall–Kier alpha value is -6.42. The summed E-state index contributed by atoms with van der Waals surface area (Å²) in [4.78, 5) is 86.1. The van der Waals surface area contributed by atoms with Crippen molar-refractivity contribution in [1.29, 1.82) is 0 Å². The molecule has 0 radical (unpaired) electrons. The van der Waals surface area contributed by atoms with Crippen LogP contribution < -0.4 is 38.5 Å². The zero-order valence-corrected chi connectivity index (χ0v) is 31.5. The number of guanidine groups is 1. The number of aromatic amines is 1. The minimum Gasteiger partial charge on any atom is -0.376 e. The second-order valence-corrected chi connectivity index (χ2v) is 13.4. The Kier molecular flexibility index (Phi) is 15.8. The predicted molar refractivity (Wildman–Crippen MR) is 211 cm³/mol. The third kappa shape index (κ3) is 13.2. The van der Waals surface area contributed by atoms with Crippen molar-refractivity contribution in [2.45, 2.75) is 69.6 Å². The number of aromatic nitrogens is 1. The maximum atomic E-state index is 14.1. The van der Waals surface area contributed by atoms with Crippen molar-refractivity contribution in [1.82, 2.24) is 26.3 Å². The van der Waals surface area contributed by atoms with E-state index in [0.29, 0.717) is 16.1 Å². The summed E-state index contributed by atoms with van der Waals surface area (Å²) in [5.41, 5.74) is 19.6. The zero-order valence-electron chi connectivity index (χ0n) is 30.8. The van der Waals surface area contributed by atoms with Crippen LogP contribution in [0.15, 0.2) is 90.1 Å². The van der Waals surface area contributed by atoms with Gasteiger partial charge < -0.3 is 48.2 Å². The Morgan fingerprint density at radius 3 is 1.93 bits per heavy atom. The first-order valence-electron chi connectivity index (χ1n) is 17.9. The largest absolute Gasteiger partial charge is 0.415 e. The Balaban J connectivity index is 1.59. The molecule has 0 bridgehead atoms. The molecule has 0 aliphatic carbocycles. The van der Waals surface area contributed by atoms with E-state index in [-0.39, 0.29) is 51.0 Å². The summed E-state index contributed by atoms with van der Waals surface area (Å²) in [5.74, 6) is -3.98. The van der Waals surface area contributed by atoms with E-state index in [2.05, 4.69) is 31.2 Å². The van der Waals surface area contributed by atoms with Gasteiger partial charge in [0, 0.05) is 54.4 Å². The van der Waals surface area contributed by atoms with Crippen LogP contribution in [-0.2, 0) is 48.0 Å². The number of primary amides is 1. The number of carbonyl (C=O) groups excluding carboxylic acids is 6. The molecule has 56 heavy (non-hydrogen) atoms. The molecule has 16 nitrogen and oxygen atoms in total. The van der Waals surface area contributed by atoms with Crippen molar-refractivity contribution in [3.63, 3.8) is 0 Å². The number of alkyl carbamates (subject to hydrolysis) is 1. The number of rotatable bonds is 19. The minimum atomic E-state index is -1.31. The van der Waals surface area contributed by atoms with Gasteiger partial charge in [-0.15, -0.1) is 0 Å². The van der Waals surface area contributed by atoms with Gasteiger partial charge in [0.05, 0.1) is 0 Å². The van der Waals surface area contributed by atoms with E-state index in [4.69, 9.17) is 33.5 Å². The van der Waals surface area contributed by atoms with Gasteiger partial charge in [0.2, 0.25) is 23.6 Å². The van der Waals surface area contributed by atoms with Crippen LogP contribution in [0.1, 0.15) is 42.9 Å². The van der Waals surface area contributed by atoms with E-state index < -0.39 is 59.9 Å². The molecule has 11 N–H and O–H groups in total. The van der Waals surface area contributed by atoms with E-state index in [9.17, 15) is 28.8 Å². The molecule has 0 unspecified atom stereocenters. The summed E-state index contributed by atoms with van der Waals surface area (Å²) < 4.78 is 4.75. The van der Waals surface area contributed by atoms with Gasteiger partial charge in [-0.3, -0.25) is 29.0 Å². The number of fused-ring (bicyclic) bond motifs is 1. The molecule has 4 aromatic rings. The summed E-state index contributed by atoms with van der Waals surface area (Å²) in [5, 5.41) is 11.8. The van der Waals surface area contributed by atoms with Gasteiger partial charge in [-0.1, -0.05) is 79.2 Å². The van der Waals surface area contributed by atoms with Crippen LogP contribution in [-0.4, -0.2) is 77.3 Å². The van der Waals surface area contributed by atoms with E-state index in [1.165, 1.54) is 6.92 Å². The lowest BCUT2D eigenvalue weighted by molar-refractivity contribution is -0.137. The average Bonchev–Trinajstić information content (AvgIpc) is 3.58. The number of nitrogens with one attached hydrogen (secondary N) is 5. The number of nitrogens with zero attached hydrogens (tertiary/aromatic N) is 1. The van der Waals surface area contributed by atoms with Gasteiger partial charge in [-0.25, -0.2) is 4.79 Å². The first-order chi connectivity index (χ1) is 26.8. The third-order valence-electron chi connectivity index (χ3n) is 8.71. The summed E-state index contributed by atoms with van der Waals surface area (Å²) in [7, 11) is 0. The maximum Gasteiger partial charge on any atom is 0.415 e. The van der Waals surface area contributed by atoms with Crippen molar-refractivity contribution in [2.24, 2.45) is 22.2 Å². The molecule has 0 saturated heterocycles. The normalized spacial score (nSPS) is 13.0. The molecule has 4 atom stereocenters. The Morgan fingerprint density at radius 2 is 1.29 bits per heavy atom. The molecular weight excluding hydrogens is 742 g/mol. The first kappa shape index (κ1) is 42.3. The summed E-state index contributed by atoms with van der Waals surface area (Å²) in [6, 6.07) is 17.8. The molecule has 1 aromatic heterocycles. The second kappa shape index (κ2) is 20.9. The van der Waals surface area contributed by atoms with Crippen LogP contribution in [0.25, 0.3) is 10.9 Å². The number of benzene rings is 3. The highest BCUT2D eigenvalue weighted by Gasteiger charge is 2.32. The first-order valence-corrected chi connectivity index (χ1v) is 18.3. The Bertz CT molecular complexity index is 2020. The topological polar surface area (TPSA) is 266 Å².